The average molecular weight is 775 g/mol. The molecule has 0 saturated heterocycles. The van der Waals surface area contributed by atoms with Gasteiger partial charge in [0.05, 0.1) is 47.2 Å². The monoisotopic (exact) mass is 774 g/mol. The lowest BCUT2D eigenvalue weighted by atomic mass is 9.99. The van der Waals surface area contributed by atoms with E-state index in [9.17, 15) is 19.2 Å². The Hall–Kier alpha value is -7.32. The summed E-state index contributed by atoms with van der Waals surface area (Å²) in [7, 11) is 3.49. The molecule has 2 fully saturated rings. The Bertz CT molecular complexity index is 2670. The normalized spacial score (nSPS) is 17.7. The van der Waals surface area contributed by atoms with E-state index in [2.05, 4.69) is 32.7 Å². The topological polar surface area (TPSA) is 228 Å². The zero-order chi connectivity index (χ0) is 41.4. The molecule has 2 aliphatic rings. The summed E-state index contributed by atoms with van der Waals surface area (Å²) >= 11 is 0. The van der Waals surface area contributed by atoms with Gasteiger partial charge in [-0.3, -0.25) is 19.2 Å². The maximum atomic E-state index is 12.2. The van der Waals surface area contributed by atoms with E-state index in [1.807, 2.05) is 50.2 Å². The lowest BCUT2D eigenvalue weighted by molar-refractivity contribution is -0.118. The molecule has 4 atom stereocenters. The molecule has 4 heterocycles. The molecule has 8 rings (SSSR count). The van der Waals surface area contributed by atoms with Crippen LogP contribution in [-0.2, 0) is 36.5 Å². The second-order valence-electron chi connectivity index (χ2n) is 14.8. The van der Waals surface area contributed by atoms with Crippen LogP contribution in [0.25, 0.3) is 44.1 Å². The van der Waals surface area contributed by atoms with Crippen LogP contribution in [-0.4, -0.2) is 30.9 Å². The van der Waals surface area contributed by atoms with Crippen molar-refractivity contribution in [2.45, 2.75) is 39.5 Å². The van der Waals surface area contributed by atoms with Crippen molar-refractivity contribution in [2.24, 2.45) is 37.8 Å². The Kier molecular flexibility index (Phi) is 10.5. The molecule has 0 unspecified atom stereocenters. The fourth-order valence-corrected chi connectivity index (χ4v) is 7.38. The highest BCUT2D eigenvalue weighted by Gasteiger charge is 2.44. The van der Waals surface area contributed by atoms with Gasteiger partial charge >= 0.3 is 0 Å². The number of aromatic nitrogens is 4. The summed E-state index contributed by atoms with van der Waals surface area (Å²) in [5.74, 6) is -0.480. The molecule has 14 nitrogen and oxygen atoms in total. The fraction of sp³-hybridized carbons (Fsp3) is 0.273. The highest BCUT2D eigenvalue weighted by Crippen LogP contribution is 2.40. The van der Waals surface area contributed by atoms with Crippen molar-refractivity contribution in [2.75, 3.05) is 22.1 Å². The minimum Gasteiger partial charge on any atom is -0.398 e. The Labute approximate surface area is 333 Å². The molecule has 0 aliphatic heterocycles. The van der Waals surface area contributed by atoms with Crippen LogP contribution in [0.1, 0.15) is 37.8 Å². The number of fused-ring (bicyclic) bond motifs is 2. The molecule has 4 aromatic heterocycles. The van der Waals surface area contributed by atoms with Crippen LogP contribution in [0.15, 0.2) is 82.6 Å². The zero-order valence-electron chi connectivity index (χ0n) is 32.5. The van der Waals surface area contributed by atoms with Gasteiger partial charge in [0, 0.05) is 71.9 Å². The molecule has 292 valence electrons. The van der Waals surface area contributed by atoms with Crippen LogP contribution >= 0.6 is 0 Å². The first-order chi connectivity index (χ1) is 27.8. The first kappa shape index (κ1) is 38.9. The summed E-state index contributed by atoms with van der Waals surface area (Å²) in [5, 5.41) is 26.5. The van der Waals surface area contributed by atoms with Crippen molar-refractivity contribution >= 4 is 56.4 Å². The number of nitriles is 2. The van der Waals surface area contributed by atoms with E-state index in [-0.39, 0.29) is 46.6 Å². The van der Waals surface area contributed by atoms with Crippen LogP contribution in [0, 0.1) is 46.3 Å². The maximum Gasteiger partial charge on any atom is 0.250 e. The number of nitrogen functional groups attached to an aromatic ring is 2. The second-order valence-corrected chi connectivity index (χ2v) is 14.8. The first-order valence-electron chi connectivity index (χ1n) is 19.0. The summed E-state index contributed by atoms with van der Waals surface area (Å²) in [6.07, 6.45) is 6.00. The van der Waals surface area contributed by atoms with E-state index >= 15 is 0 Å². The number of hydrogen-bond donors (Lipinski definition) is 4. The molecular weight excluding hydrogens is 733 g/mol. The number of amides is 2. The highest BCUT2D eigenvalue weighted by molar-refractivity contribution is 6.01. The van der Waals surface area contributed by atoms with Crippen molar-refractivity contribution in [3.8, 4) is 34.7 Å². The standard InChI is InChI=1S/2C22H21N5O2/c2*1-3-12-4-5-20(28)27(2)21(12)14-6-13-9-19(25-11-17(13)18(24)8-14)26-22(29)16-7-15(16)10-23/h2*4-6,8-9,11,15-16H,3,7,24H2,1-2H3,(H,25,26,29)/t2*15-,16+/m10/s1. The lowest BCUT2D eigenvalue weighted by Crippen LogP contribution is -2.18. The quantitative estimate of drug-likeness (QED) is 0.138. The summed E-state index contributed by atoms with van der Waals surface area (Å²) < 4.78 is 3.25. The van der Waals surface area contributed by atoms with Crippen molar-refractivity contribution in [3.05, 3.63) is 105 Å². The van der Waals surface area contributed by atoms with E-state index in [1.54, 1.807) is 59.9 Å². The number of carbonyl (C=O) groups excluding carboxylic acids is 2. The zero-order valence-corrected chi connectivity index (χ0v) is 32.5. The number of pyridine rings is 4. The van der Waals surface area contributed by atoms with Gasteiger partial charge < -0.3 is 31.2 Å². The molecule has 2 saturated carbocycles. The minimum atomic E-state index is -0.264. The molecular formula is C44H42N10O4. The summed E-state index contributed by atoms with van der Waals surface area (Å²) in [6, 6.07) is 22.2. The smallest absolute Gasteiger partial charge is 0.250 e. The molecule has 0 bridgehead atoms. The van der Waals surface area contributed by atoms with E-state index in [1.165, 1.54) is 0 Å². The number of nitrogens with zero attached hydrogens (tertiary/aromatic N) is 6. The van der Waals surface area contributed by atoms with Crippen LogP contribution in [0.4, 0.5) is 23.0 Å². The summed E-state index contributed by atoms with van der Waals surface area (Å²) in [4.78, 5) is 57.4. The van der Waals surface area contributed by atoms with Gasteiger partial charge in [0.15, 0.2) is 0 Å². The third kappa shape index (κ3) is 7.60. The number of aryl methyl sites for hydroxylation is 2. The van der Waals surface area contributed by atoms with Gasteiger partial charge in [0.1, 0.15) is 11.6 Å². The molecule has 2 aliphatic carbocycles. The third-order valence-electron chi connectivity index (χ3n) is 10.9. The number of benzene rings is 2. The Balaban J connectivity index is 0.000000177. The Morgan fingerprint density at radius 2 is 1.09 bits per heavy atom. The minimum absolute atomic E-state index is 0.0879. The number of carbonyl (C=O) groups is 2. The number of rotatable bonds is 8. The predicted molar refractivity (Wildman–Crippen MR) is 224 cm³/mol. The molecule has 0 radical (unpaired) electrons. The van der Waals surface area contributed by atoms with Crippen LogP contribution in [0.3, 0.4) is 0 Å². The van der Waals surface area contributed by atoms with E-state index < -0.39 is 0 Å². The average Bonchev–Trinajstić information content (AvgIpc) is 4.15. The van der Waals surface area contributed by atoms with Crippen molar-refractivity contribution in [1.29, 1.82) is 10.5 Å². The number of nitrogens with one attached hydrogen (secondary N) is 2. The fourth-order valence-electron chi connectivity index (χ4n) is 7.38. The highest BCUT2D eigenvalue weighted by atomic mass is 16.2. The van der Waals surface area contributed by atoms with Gasteiger partial charge in [0.2, 0.25) is 11.8 Å². The van der Waals surface area contributed by atoms with E-state index in [0.717, 1.165) is 68.0 Å². The van der Waals surface area contributed by atoms with Crippen molar-refractivity contribution in [1.82, 2.24) is 19.1 Å². The summed E-state index contributed by atoms with van der Waals surface area (Å²) in [6.45, 7) is 4.08. The molecule has 6 N–H and O–H groups in total. The lowest BCUT2D eigenvalue weighted by Gasteiger charge is -2.15. The number of hydrogen-bond acceptors (Lipinski definition) is 10. The van der Waals surface area contributed by atoms with Gasteiger partial charge in [-0.15, -0.1) is 0 Å². The van der Waals surface area contributed by atoms with E-state index in [0.29, 0.717) is 35.9 Å². The summed E-state index contributed by atoms with van der Waals surface area (Å²) in [5.41, 5.74) is 18.9. The third-order valence-corrected chi connectivity index (χ3v) is 10.9. The molecule has 14 heteroatoms. The van der Waals surface area contributed by atoms with Gasteiger partial charge in [0.25, 0.3) is 11.1 Å². The number of nitrogens with two attached hydrogens (primary N) is 2. The largest absolute Gasteiger partial charge is 0.398 e. The van der Waals surface area contributed by atoms with Gasteiger partial charge in [-0.05, 0) is 84.0 Å². The number of anilines is 4. The Morgan fingerprint density at radius 3 is 1.43 bits per heavy atom. The molecule has 6 aromatic rings. The SMILES string of the molecule is CCc1ccc(=O)n(C)c1-c1cc(N)c2cnc(NC(=O)[C@@H]3C[C@H]3C#N)cc2c1.CCc1ccc(=O)n(C)c1-c1cc(N)c2cnc(NC(=O)[C@H]3C[C@@H]3C#N)cc2c1. The van der Waals surface area contributed by atoms with Gasteiger partial charge in [-0.2, -0.15) is 10.5 Å². The molecule has 0 spiro atoms. The molecule has 2 amide bonds. The van der Waals surface area contributed by atoms with Gasteiger partial charge in [-0.25, -0.2) is 9.97 Å². The Morgan fingerprint density at radius 1 is 0.690 bits per heavy atom. The maximum absolute atomic E-state index is 12.2. The van der Waals surface area contributed by atoms with E-state index in [4.69, 9.17) is 22.0 Å². The van der Waals surface area contributed by atoms with Gasteiger partial charge in [-0.1, -0.05) is 26.0 Å². The van der Waals surface area contributed by atoms with Crippen LogP contribution in [0.2, 0.25) is 0 Å². The second kappa shape index (κ2) is 15.7. The van der Waals surface area contributed by atoms with Crippen molar-refractivity contribution < 1.29 is 9.59 Å². The molecule has 2 aromatic carbocycles. The molecule has 58 heavy (non-hydrogen) atoms. The first-order valence-corrected chi connectivity index (χ1v) is 19.0. The van der Waals surface area contributed by atoms with Crippen molar-refractivity contribution in [3.63, 3.8) is 0 Å². The van der Waals surface area contributed by atoms with Crippen LogP contribution < -0.4 is 33.2 Å². The van der Waals surface area contributed by atoms with Crippen LogP contribution in [0.5, 0.6) is 0 Å². The predicted octanol–water partition coefficient (Wildman–Crippen LogP) is 5.69.